The van der Waals surface area contributed by atoms with Crippen molar-refractivity contribution in [3.63, 3.8) is 0 Å². The van der Waals surface area contributed by atoms with E-state index >= 15 is 0 Å². The van der Waals surface area contributed by atoms with Crippen LogP contribution in [0.3, 0.4) is 0 Å². The molecule has 3 aromatic carbocycles. The van der Waals surface area contributed by atoms with Crippen LogP contribution in [0.4, 0.5) is 5.69 Å². The van der Waals surface area contributed by atoms with Gasteiger partial charge in [0.25, 0.3) is 5.91 Å². The zero-order valence-electron chi connectivity index (χ0n) is 13.6. The maximum absolute atomic E-state index is 13.3. The number of fused-ring (bicyclic) bond motifs is 1. The minimum atomic E-state index is -0.655. The summed E-state index contributed by atoms with van der Waals surface area (Å²) in [5.41, 5.74) is 1.75. The van der Waals surface area contributed by atoms with E-state index in [0.717, 1.165) is 5.56 Å². The quantitative estimate of drug-likeness (QED) is 0.429. The lowest BCUT2D eigenvalue weighted by atomic mass is 10.1. The molecule has 1 atom stereocenters. The molecule has 0 saturated carbocycles. The molecule has 1 aliphatic heterocycles. The number of nitrogens with zero attached hydrogens (tertiary/aromatic N) is 1. The molecule has 1 unspecified atom stereocenters. The second-order valence-corrected chi connectivity index (χ2v) is 7.63. The lowest BCUT2D eigenvalue weighted by Gasteiger charge is -2.24. The summed E-state index contributed by atoms with van der Waals surface area (Å²) in [6.45, 7) is 0. The van der Waals surface area contributed by atoms with E-state index in [4.69, 9.17) is 51.1 Å². The molecule has 0 N–H and O–H groups in total. The van der Waals surface area contributed by atoms with E-state index in [0.29, 0.717) is 37.1 Å². The first-order valence-electron chi connectivity index (χ1n) is 7.94. The van der Waals surface area contributed by atoms with Gasteiger partial charge >= 0.3 is 0 Å². The Morgan fingerprint density at radius 3 is 2.22 bits per heavy atom. The lowest BCUT2D eigenvalue weighted by Crippen LogP contribution is -2.33. The highest BCUT2D eigenvalue weighted by Gasteiger charge is 2.37. The number of carbonyl (C=O) groups excluding carboxylic acids is 1. The molecule has 1 amide bonds. The zero-order valence-corrected chi connectivity index (χ0v) is 16.7. The predicted octanol–water partition coefficient (Wildman–Crippen LogP) is 7.04. The average molecular weight is 439 g/mol. The fourth-order valence-corrected chi connectivity index (χ4v) is 3.50. The molecule has 3 aromatic rings. The van der Waals surface area contributed by atoms with E-state index < -0.39 is 6.23 Å². The van der Waals surface area contributed by atoms with Gasteiger partial charge in [0.15, 0.2) is 0 Å². The van der Waals surface area contributed by atoms with Crippen LogP contribution in [-0.4, -0.2) is 5.91 Å². The Labute approximate surface area is 176 Å². The number of amides is 1. The molecule has 1 aliphatic rings. The van der Waals surface area contributed by atoms with E-state index in [-0.39, 0.29) is 5.91 Å². The van der Waals surface area contributed by atoms with Crippen molar-refractivity contribution in [1.29, 1.82) is 0 Å². The number of hydrogen-bond acceptors (Lipinski definition) is 2. The predicted molar refractivity (Wildman–Crippen MR) is 110 cm³/mol. The van der Waals surface area contributed by atoms with Crippen LogP contribution in [0.5, 0.6) is 5.75 Å². The van der Waals surface area contributed by atoms with Gasteiger partial charge in [0.05, 0.1) is 15.7 Å². The van der Waals surface area contributed by atoms with Crippen molar-refractivity contribution >= 4 is 58.0 Å². The van der Waals surface area contributed by atoms with Crippen LogP contribution in [-0.2, 0) is 0 Å². The van der Waals surface area contributed by atoms with Crippen LogP contribution in [0.25, 0.3) is 0 Å². The number of ether oxygens (including phenoxy) is 1. The molecule has 0 bridgehead atoms. The van der Waals surface area contributed by atoms with Crippen molar-refractivity contribution in [2.24, 2.45) is 0 Å². The molecule has 0 saturated heterocycles. The molecule has 7 heteroatoms. The SMILES string of the molecule is O=C(c1ccc(Cl)c(Cl)c1)N1c2cc(Cl)ccc2OC1c1ccc(Cl)cc1. The Hall–Kier alpha value is -1.91. The molecule has 0 radical (unpaired) electrons. The number of anilines is 1. The second-order valence-electron chi connectivity index (χ2n) is 5.94. The van der Waals surface area contributed by atoms with E-state index in [1.54, 1.807) is 47.4 Å². The zero-order chi connectivity index (χ0) is 19.1. The minimum Gasteiger partial charge on any atom is -0.464 e. The van der Waals surface area contributed by atoms with Gasteiger partial charge in [-0.15, -0.1) is 0 Å². The molecule has 0 spiro atoms. The van der Waals surface area contributed by atoms with E-state index in [1.165, 1.54) is 6.07 Å². The second kappa shape index (κ2) is 7.25. The molecular weight excluding hydrogens is 428 g/mol. The van der Waals surface area contributed by atoms with Gasteiger partial charge in [0, 0.05) is 21.2 Å². The minimum absolute atomic E-state index is 0.283. The fraction of sp³-hybridized carbons (Fsp3) is 0.0500. The number of benzene rings is 3. The van der Waals surface area contributed by atoms with Crippen molar-refractivity contribution in [3.8, 4) is 5.75 Å². The van der Waals surface area contributed by atoms with Crippen LogP contribution >= 0.6 is 46.4 Å². The van der Waals surface area contributed by atoms with Crippen molar-refractivity contribution in [1.82, 2.24) is 0 Å². The molecule has 3 nitrogen and oxygen atoms in total. The molecule has 0 aromatic heterocycles. The molecule has 1 heterocycles. The van der Waals surface area contributed by atoms with Gasteiger partial charge < -0.3 is 4.74 Å². The Balaban J connectivity index is 1.81. The normalized spacial score (nSPS) is 15.4. The van der Waals surface area contributed by atoms with E-state index in [2.05, 4.69) is 0 Å². The van der Waals surface area contributed by atoms with Gasteiger partial charge in [0.2, 0.25) is 6.23 Å². The maximum atomic E-state index is 13.3. The molecule has 27 heavy (non-hydrogen) atoms. The summed E-state index contributed by atoms with van der Waals surface area (Å²) in [5, 5.41) is 1.78. The molecular formula is C20H11Cl4NO2. The summed E-state index contributed by atoms with van der Waals surface area (Å²) in [4.78, 5) is 14.9. The Kier molecular flexibility index (Phi) is 4.95. The topological polar surface area (TPSA) is 29.5 Å². The van der Waals surface area contributed by atoms with Gasteiger partial charge in [-0.3, -0.25) is 9.69 Å². The van der Waals surface area contributed by atoms with E-state index in [9.17, 15) is 4.79 Å². The van der Waals surface area contributed by atoms with Crippen molar-refractivity contribution in [2.75, 3.05) is 4.90 Å². The van der Waals surface area contributed by atoms with Crippen LogP contribution in [0.2, 0.25) is 20.1 Å². The molecule has 0 aliphatic carbocycles. The molecule has 136 valence electrons. The van der Waals surface area contributed by atoms with Crippen LogP contribution in [0.15, 0.2) is 60.7 Å². The van der Waals surface area contributed by atoms with Crippen molar-refractivity contribution in [2.45, 2.75) is 6.23 Å². The number of hydrogen-bond donors (Lipinski definition) is 0. The first-order chi connectivity index (χ1) is 12.9. The third kappa shape index (κ3) is 3.48. The number of carbonyl (C=O) groups is 1. The number of halogens is 4. The first-order valence-corrected chi connectivity index (χ1v) is 9.45. The Morgan fingerprint density at radius 1 is 0.815 bits per heavy atom. The highest BCUT2D eigenvalue weighted by Crippen LogP contribution is 2.45. The van der Waals surface area contributed by atoms with Gasteiger partial charge in [-0.05, 0) is 48.5 Å². The Morgan fingerprint density at radius 2 is 1.52 bits per heavy atom. The smallest absolute Gasteiger partial charge is 0.261 e. The maximum Gasteiger partial charge on any atom is 0.261 e. The highest BCUT2D eigenvalue weighted by molar-refractivity contribution is 6.42. The summed E-state index contributed by atoms with van der Waals surface area (Å²) < 4.78 is 6.04. The summed E-state index contributed by atoms with van der Waals surface area (Å²) in [7, 11) is 0. The molecule has 0 fully saturated rings. The average Bonchev–Trinajstić information content (AvgIpc) is 3.02. The van der Waals surface area contributed by atoms with Crippen LogP contribution < -0.4 is 9.64 Å². The molecule has 4 rings (SSSR count). The van der Waals surface area contributed by atoms with Crippen molar-refractivity contribution < 1.29 is 9.53 Å². The Bertz CT molecular complexity index is 1040. The van der Waals surface area contributed by atoms with Gasteiger partial charge in [-0.2, -0.15) is 0 Å². The standard InChI is InChI=1S/C20H11Cl4NO2/c21-13-4-1-11(2-5-13)20-25(17-10-14(22)6-8-18(17)27-20)19(26)12-3-7-15(23)16(24)9-12/h1-10,20H. The van der Waals surface area contributed by atoms with E-state index in [1.807, 2.05) is 12.1 Å². The van der Waals surface area contributed by atoms with Gasteiger partial charge in [-0.25, -0.2) is 0 Å². The summed E-state index contributed by atoms with van der Waals surface area (Å²) in [6, 6.07) is 17.0. The fourth-order valence-electron chi connectivity index (χ4n) is 2.91. The third-order valence-electron chi connectivity index (χ3n) is 4.19. The van der Waals surface area contributed by atoms with Crippen molar-refractivity contribution in [3.05, 3.63) is 91.9 Å². The highest BCUT2D eigenvalue weighted by atomic mass is 35.5. The monoisotopic (exact) mass is 437 g/mol. The number of rotatable bonds is 2. The largest absolute Gasteiger partial charge is 0.464 e. The third-order valence-corrected chi connectivity index (χ3v) is 5.42. The summed E-state index contributed by atoms with van der Waals surface area (Å²) in [5.74, 6) is 0.280. The van der Waals surface area contributed by atoms with Gasteiger partial charge in [0.1, 0.15) is 5.75 Å². The van der Waals surface area contributed by atoms with Gasteiger partial charge in [-0.1, -0.05) is 58.5 Å². The van der Waals surface area contributed by atoms with Crippen LogP contribution in [0.1, 0.15) is 22.1 Å². The summed E-state index contributed by atoms with van der Waals surface area (Å²) in [6.07, 6.45) is -0.655. The summed E-state index contributed by atoms with van der Waals surface area (Å²) >= 11 is 24.2. The lowest BCUT2D eigenvalue weighted by molar-refractivity contribution is 0.0939. The van der Waals surface area contributed by atoms with Crippen LogP contribution in [0, 0.1) is 0 Å². The first kappa shape index (κ1) is 18.5.